The first-order chi connectivity index (χ1) is 8.83. The lowest BCUT2D eigenvalue weighted by Crippen LogP contribution is -2.56. The first kappa shape index (κ1) is 10.8. The summed E-state index contributed by atoms with van der Waals surface area (Å²) in [6.45, 7) is 1.68. The number of tetrazole rings is 1. The van der Waals surface area contributed by atoms with Gasteiger partial charge in [-0.3, -0.25) is 4.79 Å². The van der Waals surface area contributed by atoms with Crippen LogP contribution in [0.15, 0.2) is 30.6 Å². The summed E-state index contributed by atoms with van der Waals surface area (Å²) in [5.74, 6) is -0.0511. The molecule has 0 spiro atoms. The van der Waals surface area contributed by atoms with Gasteiger partial charge in [0, 0.05) is 18.7 Å². The summed E-state index contributed by atoms with van der Waals surface area (Å²) in [5, 5.41) is 16.9. The molecule has 0 unspecified atom stereocenters. The minimum atomic E-state index is -0.0511. The Labute approximate surface area is 103 Å². The molecular weight excluding hydrogens is 232 g/mol. The van der Waals surface area contributed by atoms with Crippen molar-refractivity contribution in [1.82, 2.24) is 30.8 Å². The molecule has 0 radical (unpaired) electrons. The van der Waals surface area contributed by atoms with Crippen molar-refractivity contribution in [3.63, 3.8) is 0 Å². The number of benzene rings is 1. The number of carbonyl (C=O) groups is 1. The molecule has 3 rings (SSSR count). The van der Waals surface area contributed by atoms with Crippen LogP contribution in [0.1, 0.15) is 10.4 Å². The van der Waals surface area contributed by atoms with E-state index in [1.54, 1.807) is 12.1 Å². The van der Waals surface area contributed by atoms with E-state index in [9.17, 15) is 4.79 Å². The lowest BCUT2D eigenvalue weighted by molar-refractivity contribution is 0.0924. The zero-order valence-corrected chi connectivity index (χ0v) is 9.58. The van der Waals surface area contributed by atoms with Crippen molar-refractivity contribution in [1.29, 1.82) is 0 Å². The van der Waals surface area contributed by atoms with Gasteiger partial charge in [-0.2, -0.15) is 0 Å². The molecule has 1 aromatic heterocycles. The van der Waals surface area contributed by atoms with Crippen molar-refractivity contribution in [3.05, 3.63) is 36.2 Å². The van der Waals surface area contributed by atoms with Gasteiger partial charge in [0.05, 0.1) is 11.7 Å². The van der Waals surface area contributed by atoms with Crippen molar-refractivity contribution in [2.45, 2.75) is 6.04 Å². The fraction of sp³-hybridized carbons (Fsp3) is 0.273. The molecule has 1 aliphatic rings. The molecule has 0 saturated carbocycles. The third-order valence-corrected chi connectivity index (χ3v) is 2.86. The van der Waals surface area contributed by atoms with Gasteiger partial charge < -0.3 is 10.6 Å². The van der Waals surface area contributed by atoms with E-state index >= 15 is 0 Å². The molecule has 1 fully saturated rings. The van der Waals surface area contributed by atoms with Crippen LogP contribution in [0.2, 0.25) is 0 Å². The zero-order chi connectivity index (χ0) is 12.4. The quantitative estimate of drug-likeness (QED) is 0.750. The number of nitrogens with zero attached hydrogens (tertiary/aromatic N) is 4. The smallest absolute Gasteiger partial charge is 0.251 e. The Morgan fingerprint density at radius 3 is 2.67 bits per heavy atom. The van der Waals surface area contributed by atoms with Crippen LogP contribution in [0.25, 0.3) is 5.69 Å². The molecule has 0 bridgehead atoms. The predicted octanol–water partition coefficient (Wildman–Crippen LogP) is -0.636. The van der Waals surface area contributed by atoms with Gasteiger partial charge in [0.15, 0.2) is 0 Å². The Kier molecular flexibility index (Phi) is 2.73. The number of amides is 1. The Morgan fingerprint density at radius 2 is 2.11 bits per heavy atom. The largest absolute Gasteiger partial charge is 0.347 e. The number of aromatic nitrogens is 4. The Hall–Kier alpha value is -2.28. The zero-order valence-electron chi connectivity index (χ0n) is 9.58. The van der Waals surface area contributed by atoms with E-state index in [0.717, 1.165) is 18.8 Å². The molecule has 1 aromatic carbocycles. The standard InChI is InChI=1S/C11H12N6O/c18-11(14-9-5-12-6-9)8-1-3-10(4-2-8)17-7-13-15-16-17/h1-4,7,9,12H,5-6H2,(H,14,18). The highest BCUT2D eigenvalue weighted by Crippen LogP contribution is 2.08. The average molecular weight is 244 g/mol. The molecule has 1 saturated heterocycles. The van der Waals surface area contributed by atoms with Crippen molar-refractivity contribution in [2.75, 3.05) is 13.1 Å². The summed E-state index contributed by atoms with van der Waals surface area (Å²) in [6.07, 6.45) is 1.51. The van der Waals surface area contributed by atoms with Gasteiger partial charge in [0.25, 0.3) is 5.91 Å². The summed E-state index contributed by atoms with van der Waals surface area (Å²) in [5.41, 5.74) is 1.46. The second-order valence-electron chi connectivity index (χ2n) is 4.13. The van der Waals surface area contributed by atoms with Gasteiger partial charge in [0.2, 0.25) is 0 Å². The van der Waals surface area contributed by atoms with E-state index in [0.29, 0.717) is 5.56 Å². The first-order valence-corrected chi connectivity index (χ1v) is 5.68. The van der Waals surface area contributed by atoms with E-state index in [1.807, 2.05) is 12.1 Å². The van der Waals surface area contributed by atoms with E-state index in [4.69, 9.17) is 0 Å². The van der Waals surface area contributed by atoms with Gasteiger partial charge in [-0.25, -0.2) is 4.68 Å². The van der Waals surface area contributed by atoms with Crippen LogP contribution in [0.3, 0.4) is 0 Å². The highest BCUT2D eigenvalue weighted by atomic mass is 16.1. The molecular formula is C11H12N6O. The summed E-state index contributed by atoms with van der Waals surface area (Å²) in [4.78, 5) is 11.9. The molecule has 0 atom stereocenters. The fourth-order valence-corrected chi connectivity index (χ4v) is 1.70. The first-order valence-electron chi connectivity index (χ1n) is 5.68. The lowest BCUT2D eigenvalue weighted by Gasteiger charge is -2.27. The van der Waals surface area contributed by atoms with Crippen LogP contribution >= 0.6 is 0 Å². The van der Waals surface area contributed by atoms with Crippen LogP contribution < -0.4 is 10.6 Å². The van der Waals surface area contributed by atoms with E-state index in [-0.39, 0.29) is 11.9 Å². The van der Waals surface area contributed by atoms with Crippen molar-refractivity contribution in [2.24, 2.45) is 0 Å². The maximum Gasteiger partial charge on any atom is 0.251 e. The minimum absolute atomic E-state index is 0.0511. The molecule has 2 heterocycles. The Bertz CT molecular complexity index is 531. The van der Waals surface area contributed by atoms with Crippen LogP contribution in [0.5, 0.6) is 0 Å². The monoisotopic (exact) mass is 244 g/mol. The lowest BCUT2D eigenvalue weighted by atomic mass is 10.1. The molecule has 7 nitrogen and oxygen atoms in total. The molecule has 1 aliphatic heterocycles. The Morgan fingerprint density at radius 1 is 1.33 bits per heavy atom. The average Bonchev–Trinajstić information content (AvgIpc) is 2.87. The topological polar surface area (TPSA) is 84.7 Å². The Balaban J connectivity index is 1.72. The number of hydrogen-bond donors (Lipinski definition) is 2. The SMILES string of the molecule is O=C(NC1CNC1)c1ccc(-n2cnnn2)cc1. The van der Waals surface area contributed by atoms with Crippen LogP contribution in [-0.2, 0) is 0 Å². The van der Waals surface area contributed by atoms with E-state index < -0.39 is 0 Å². The second kappa shape index (κ2) is 4.53. The molecule has 2 N–H and O–H groups in total. The van der Waals surface area contributed by atoms with Crippen LogP contribution in [0.4, 0.5) is 0 Å². The molecule has 18 heavy (non-hydrogen) atoms. The maximum absolute atomic E-state index is 11.9. The van der Waals surface area contributed by atoms with E-state index in [1.165, 1.54) is 11.0 Å². The minimum Gasteiger partial charge on any atom is -0.347 e. The molecule has 92 valence electrons. The van der Waals surface area contributed by atoms with Gasteiger partial charge in [0.1, 0.15) is 6.33 Å². The second-order valence-corrected chi connectivity index (χ2v) is 4.13. The number of nitrogens with one attached hydrogen (secondary N) is 2. The molecule has 2 aromatic rings. The predicted molar refractivity (Wildman–Crippen MR) is 63.3 cm³/mol. The summed E-state index contributed by atoms with van der Waals surface area (Å²) < 4.78 is 1.54. The van der Waals surface area contributed by atoms with Gasteiger partial charge in [-0.1, -0.05) is 0 Å². The van der Waals surface area contributed by atoms with Gasteiger partial charge in [-0.15, -0.1) is 5.10 Å². The number of hydrogen-bond acceptors (Lipinski definition) is 5. The highest BCUT2D eigenvalue weighted by Gasteiger charge is 2.19. The van der Waals surface area contributed by atoms with Crippen molar-refractivity contribution in [3.8, 4) is 5.69 Å². The van der Waals surface area contributed by atoms with Crippen LogP contribution in [-0.4, -0.2) is 45.2 Å². The highest BCUT2D eigenvalue weighted by molar-refractivity contribution is 5.94. The van der Waals surface area contributed by atoms with Crippen molar-refractivity contribution >= 4 is 5.91 Å². The molecule has 0 aliphatic carbocycles. The normalized spacial score (nSPS) is 15.1. The summed E-state index contributed by atoms with van der Waals surface area (Å²) in [7, 11) is 0. The summed E-state index contributed by atoms with van der Waals surface area (Å²) >= 11 is 0. The third-order valence-electron chi connectivity index (χ3n) is 2.86. The summed E-state index contributed by atoms with van der Waals surface area (Å²) in [6, 6.07) is 7.39. The third kappa shape index (κ3) is 2.07. The van der Waals surface area contributed by atoms with E-state index in [2.05, 4.69) is 26.2 Å². The maximum atomic E-state index is 11.9. The van der Waals surface area contributed by atoms with Gasteiger partial charge in [-0.05, 0) is 34.7 Å². The van der Waals surface area contributed by atoms with Crippen molar-refractivity contribution < 1.29 is 4.79 Å². The van der Waals surface area contributed by atoms with Gasteiger partial charge >= 0.3 is 0 Å². The number of rotatable bonds is 3. The van der Waals surface area contributed by atoms with Crippen LogP contribution in [0, 0.1) is 0 Å². The fourth-order valence-electron chi connectivity index (χ4n) is 1.70. The number of carbonyl (C=O) groups excluding carboxylic acids is 1. The molecule has 7 heteroatoms. The molecule has 1 amide bonds.